The molecule has 5 heteroatoms. The van der Waals surface area contributed by atoms with Crippen LogP contribution in [0.15, 0.2) is 30.3 Å². The fourth-order valence-corrected chi connectivity index (χ4v) is 5.88. The summed E-state index contributed by atoms with van der Waals surface area (Å²) < 4.78 is 5.05. The van der Waals surface area contributed by atoms with Gasteiger partial charge >= 0.3 is 0 Å². The Labute approximate surface area is 174 Å². The van der Waals surface area contributed by atoms with E-state index in [0.29, 0.717) is 0 Å². The molecule has 2 aliphatic heterocycles. The van der Waals surface area contributed by atoms with Crippen LogP contribution >= 0.6 is 0 Å². The van der Waals surface area contributed by atoms with Crippen molar-refractivity contribution in [3.8, 4) is 0 Å². The lowest BCUT2D eigenvalue weighted by molar-refractivity contribution is -0.201. The summed E-state index contributed by atoms with van der Waals surface area (Å²) in [4.78, 5) is 16.8. The van der Waals surface area contributed by atoms with Gasteiger partial charge in [0.1, 0.15) is 6.61 Å². The zero-order valence-corrected chi connectivity index (χ0v) is 17.7. The van der Waals surface area contributed by atoms with Crippen molar-refractivity contribution in [2.24, 2.45) is 5.92 Å². The number of carbonyl (C=O) groups is 1. The lowest BCUT2D eigenvalue weighted by atomic mass is 9.60. The molecule has 0 unspecified atom stereocenters. The quantitative estimate of drug-likeness (QED) is 0.767. The van der Waals surface area contributed by atoms with Crippen LogP contribution in [-0.4, -0.2) is 72.4 Å². The molecule has 2 heterocycles. The molecule has 3 aliphatic rings. The summed E-state index contributed by atoms with van der Waals surface area (Å²) in [7, 11) is 1.57. The fourth-order valence-electron chi connectivity index (χ4n) is 5.88. The molecule has 1 N–H and O–H groups in total. The predicted molar refractivity (Wildman–Crippen MR) is 115 cm³/mol. The topological polar surface area (TPSA) is 53.0 Å². The second kappa shape index (κ2) is 8.58. The third kappa shape index (κ3) is 3.65. The summed E-state index contributed by atoms with van der Waals surface area (Å²) in [5.41, 5.74) is 2.43. The molecule has 2 atom stereocenters. The monoisotopic (exact) mass is 398 g/mol. The number of hydrogen-bond donors (Lipinski definition) is 1. The van der Waals surface area contributed by atoms with Gasteiger partial charge in [-0.25, -0.2) is 0 Å². The van der Waals surface area contributed by atoms with Gasteiger partial charge in [0.15, 0.2) is 0 Å². The number of amides is 1. The van der Waals surface area contributed by atoms with Gasteiger partial charge in [-0.1, -0.05) is 49.3 Å². The van der Waals surface area contributed by atoms with Crippen molar-refractivity contribution in [2.75, 3.05) is 40.0 Å². The van der Waals surface area contributed by atoms with Gasteiger partial charge in [-0.15, -0.1) is 0 Å². The first-order valence-corrected chi connectivity index (χ1v) is 11.0. The van der Waals surface area contributed by atoms with Crippen LogP contribution in [0.25, 0.3) is 6.08 Å². The number of allylic oxidation sites excluding steroid dienone is 1. The third-order valence-electron chi connectivity index (χ3n) is 7.26. The first-order valence-electron chi connectivity index (χ1n) is 11.0. The molecule has 1 aromatic carbocycles. The number of rotatable bonds is 7. The predicted octanol–water partition coefficient (Wildman–Crippen LogP) is 2.90. The highest BCUT2D eigenvalue weighted by Crippen LogP contribution is 2.54. The molecule has 3 fully saturated rings. The Kier molecular flexibility index (Phi) is 6.09. The third-order valence-corrected chi connectivity index (χ3v) is 7.26. The summed E-state index contributed by atoms with van der Waals surface area (Å²) in [5.74, 6) is 1.05. The van der Waals surface area contributed by atoms with Crippen LogP contribution in [0.4, 0.5) is 0 Å². The van der Waals surface area contributed by atoms with Crippen LogP contribution in [0.2, 0.25) is 0 Å². The lowest BCUT2D eigenvalue weighted by Gasteiger charge is -2.71. The molecular weight excluding hydrogens is 364 g/mol. The van der Waals surface area contributed by atoms with Crippen molar-refractivity contribution in [3.05, 3.63) is 41.5 Å². The smallest absolute Gasteiger partial charge is 0.248 e. The number of ether oxygens (including phenoxy) is 1. The number of aliphatic hydroxyl groups excluding tert-OH is 1. The maximum atomic E-state index is 12.3. The molecule has 0 aromatic heterocycles. The van der Waals surface area contributed by atoms with Gasteiger partial charge in [0.05, 0.1) is 12.1 Å². The maximum absolute atomic E-state index is 12.3. The number of carbonyl (C=O) groups excluding carboxylic acids is 1. The SMILES string of the molecule is C/C=C/c1ccc([C@@H]2[C@H](CO)N(CC3CCCC3)C23CN(C(=O)COC)C3)cc1. The maximum Gasteiger partial charge on any atom is 0.248 e. The van der Waals surface area contributed by atoms with Crippen LogP contribution in [0.3, 0.4) is 0 Å². The van der Waals surface area contributed by atoms with Crippen molar-refractivity contribution in [1.82, 2.24) is 9.80 Å². The normalized spacial score (nSPS) is 26.8. The molecule has 1 saturated carbocycles. The van der Waals surface area contributed by atoms with Crippen molar-refractivity contribution < 1.29 is 14.6 Å². The Bertz CT molecular complexity index is 733. The highest BCUT2D eigenvalue weighted by Gasteiger charge is 2.66. The molecule has 1 spiro atoms. The van der Waals surface area contributed by atoms with Crippen molar-refractivity contribution in [2.45, 2.75) is 50.1 Å². The first-order chi connectivity index (χ1) is 14.1. The van der Waals surface area contributed by atoms with E-state index in [1.807, 2.05) is 17.9 Å². The molecule has 0 bridgehead atoms. The molecule has 4 rings (SSSR count). The average molecular weight is 399 g/mol. The molecule has 29 heavy (non-hydrogen) atoms. The Balaban J connectivity index is 1.57. The summed E-state index contributed by atoms with van der Waals surface area (Å²) >= 11 is 0. The van der Waals surface area contributed by atoms with E-state index < -0.39 is 0 Å². The molecule has 0 radical (unpaired) electrons. The largest absolute Gasteiger partial charge is 0.395 e. The van der Waals surface area contributed by atoms with Crippen LogP contribution < -0.4 is 0 Å². The molecule has 1 aromatic rings. The van der Waals surface area contributed by atoms with Gasteiger partial charge in [-0.2, -0.15) is 0 Å². The van der Waals surface area contributed by atoms with Gasteiger partial charge in [0, 0.05) is 38.7 Å². The standard InChI is InChI=1S/C24H34N2O3/c1-3-6-18-9-11-20(12-10-18)23-21(14-27)26(13-19-7-4-5-8-19)24(23)16-25(17-24)22(28)15-29-2/h3,6,9-12,19,21,23,27H,4-5,7-8,13-17H2,1-2H3/b6-3+/t21-,23+/m0/s1. The Morgan fingerprint density at radius 3 is 2.52 bits per heavy atom. The zero-order valence-electron chi connectivity index (χ0n) is 17.7. The van der Waals surface area contributed by atoms with E-state index in [1.54, 1.807) is 7.11 Å². The molecule has 1 aliphatic carbocycles. The lowest BCUT2D eigenvalue weighted by Crippen LogP contribution is -2.85. The van der Waals surface area contributed by atoms with Crippen LogP contribution in [0, 0.1) is 5.92 Å². The molecule has 158 valence electrons. The number of aliphatic hydroxyl groups is 1. The number of benzene rings is 1. The zero-order chi connectivity index (χ0) is 20.4. The van der Waals surface area contributed by atoms with Gasteiger partial charge < -0.3 is 14.7 Å². The van der Waals surface area contributed by atoms with E-state index >= 15 is 0 Å². The number of hydrogen-bond acceptors (Lipinski definition) is 4. The highest BCUT2D eigenvalue weighted by atomic mass is 16.5. The van der Waals surface area contributed by atoms with Crippen LogP contribution in [-0.2, 0) is 9.53 Å². The Morgan fingerprint density at radius 1 is 1.24 bits per heavy atom. The minimum atomic E-state index is -0.0402. The number of nitrogens with zero attached hydrogens (tertiary/aromatic N) is 2. The molecule has 2 saturated heterocycles. The van der Waals surface area contributed by atoms with E-state index in [-0.39, 0.29) is 36.6 Å². The van der Waals surface area contributed by atoms with Crippen molar-refractivity contribution in [1.29, 1.82) is 0 Å². The van der Waals surface area contributed by atoms with E-state index in [1.165, 1.54) is 36.8 Å². The Hall–Kier alpha value is -1.69. The molecule has 5 nitrogen and oxygen atoms in total. The van der Waals surface area contributed by atoms with Gasteiger partial charge in [0.2, 0.25) is 5.91 Å². The van der Waals surface area contributed by atoms with E-state index in [9.17, 15) is 9.90 Å². The first kappa shape index (κ1) is 20.6. The Morgan fingerprint density at radius 2 is 1.93 bits per heavy atom. The number of methoxy groups -OCH3 is 1. The van der Waals surface area contributed by atoms with E-state index in [4.69, 9.17) is 4.74 Å². The van der Waals surface area contributed by atoms with Crippen LogP contribution in [0.1, 0.15) is 49.7 Å². The van der Waals surface area contributed by atoms with Gasteiger partial charge in [-0.05, 0) is 36.8 Å². The average Bonchev–Trinajstić information content (AvgIpc) is 3.19. The van der Waals surface area contributed by atoms with Crippen LogP contribution in [0.5, 0.6) is 0 Å². The summed E-state index contributed by atoms with van der Waals surface area (Å²) in [5, 5.41) is 10.3. The van der Waals surface area contributed by atoms with Gasteiger partial charge in [0.25, 0.3) is 0 Å². The summed E-state index contributed by atoms with van der Waals surface area (Å²) in [6, 6.07) is 8.86. The highest BCUT2D eigenvalue weighted by molar-refractivity contribution is 5.79. The van der Waals surface area contributed by atoms with E-state index in [0.717, 1.165) is 25.6 Å². The summed E-state index contributed by atoms with van der Waals surface area (Å²) in [6.07, 6.45) is 9.38. The second-order valence-electron chi connectivity index (χ2n) is 8.98. The summed E-state index contributed by atoms with van der Waals surface area (Å²) in [6.45, 7) is 4.86. The van der Waals surface area contributed by atoms with E-state index in [2.05, 4.69) is 35.2 Å². The van der Waals surface area contributed by atoms with Crippen molar-refractivity contribution >= 4 is 12.0 Å². The van der Waals surface area contributed by atoms with Gasteiger partial charge in [-0.3, -0.25) is 9.69 Å². The minimum Gasteiger partial charge on any atom is -0.395 e. The second-order valence-corrected chi connectivity index (χ2v) is 8.98. The fraction of sp³-hybridized carbons (Fsp3) is 0.625. The molecule has 1 amide bonds. The van der Waals surface area contributed by atoms with Crippen molar-refractivity contribution in [3.63, 3.8) is 0 Å². The molecular formula is C24H34N2O3. The number of likely N-dealkylation sites (tertiary alicyclic amines) is 2. The minimum absolute atomic E-state index is 0.0402.